The minimum absolute atomic E-state index is 0.0121. The number of nitrogens with zero attached hydrogens (tertiary/aromatic N) is 3. The standard InChI is InChI=1S/C22H35FN4O2/c1-22(2,27-9-5-4-6-10-27)17-24-21(28)26-13-11-25(12-14-26)16-18-15-19(23)7-8-20(18)29-3/h7-8,15H,4-6,9-14,16-17H2,1-3H3,(H,24,28). The van der Waals surface area contributed by atoms with E-state index in [2.05, 4.69) is 29.0 Å². The molecule has 2 heterocycles. The van der Waals surface area contributed by atoms with Gasteiger partial charge in [0.15, 0.2) is 0 Å². The number of benzene rings is 1. The Hall–Kier alpha value is -1.86. The Morgan fingerprint density at radius 3 is 2.45 bits per heavy atom. The fourth-order valence-corrected chi connectivity index (χ4v) is 4.24. The Kier molecular flexibility index (Phi) is 7.35. The van der Waals surface area contributed by atoms with Crippen LogP contribution in [-0.2, 0) is 6.54 Å². The van der Waals surface area contributed by atoms with Gasteiger partial charge in [0.2, 0.25) is 0 Å². The van der Waals surface area contributed by atoms with Gasteiger partial charge in [0, 0.05) is 50.4 Å². The molecule has 2 fully saturated rings. The molecule has 0 radical (unpaired) electrons. The molecule has 0 unspecified atom stereocenters. The molecule has 0 atom stereocenters. The van der Waals surface area contributed by atoms with Gasteiger partial charge in [-0.3, -0.25) is 9.80 Å². The van der Waals surface area contributed by atoms with Gasteiger partial charge in [0.25, 0.3) is 0 Å². The zero-order chi connectivity index (χ0) is 20.9. The number of nitrogens with one attached hydrogen (secondary N) is 1. The summed E-state index contributed by atoms with van der Waals surface area (Å²) in [6.07, 6.45) is 3.80. The number of methoxy groups -OCH3 is 1. The zero-order valence-corrected chi connectivity index (χ0v) is 18.0. The Labute approximate surface area is 174 Å². The second kappa shape index (κ2) is 9.76. The Bertz CT molecular complexity index is 683. The third-order valence-electron chi connectivity index (χ3n) is 6.18. The zero-order valence-electron chi connectivity index (χ0n) is 18.0. The number of rotatable bonds is 6. The molecule has 2 amide bonds. The van der Waals surface area contributed by atoms with Crippen molar-refractivity contribution in [3.63, 3.8) is 0 Å². The van der Waals surface area contributed by atoms with E-state index in [9.17, 15) is 9.18 Å². The number of urea groups is 1. The van der Waals surface area contributed by atoms with E-state index in [-0.39, 0.29) is 17.4 Å². The first-order valence-corrected chi connectivity index (χ1v) is 10.7. The van der Waals surface area contributed by atoms with Crippen LogP contribution in [0.2, 0.25) is 0 Å². The Morgan fingerprint density at radius 1 is 1.10 bits per heavy atom. The van der Waals surface area contributed by atoms with Crippen molar-refractivity contribution < 1.29 is 13.9 Å². The average molecular weight is 407 g/mol. The molecular weight excluding hydrogens is 371 g/mol. The second-order valence-electron chi connectivity index (χ2n) is 8.74. The number of piperazine rings is 1. The molecule has 3 rings (SSSR count). The molecule has 1 N–H and O–H groups in total. The minimum Gasteiger partial charge on any atom is -0.496 e. The van der Waals surface area contributed by atoms with Crippen LogP contribution in [0.5, 0.6) is 5.75 Å². The molecule has 0 bridgehead atoms. The van der Waals surface area contributed by atoms with E-state index in [1.165, 1.54) is 31.4 Å². The van der Waals surface area contributed by atoms with Crippen molar-refractivity contribution in [2.45, 2.75) is 45.2 Å². The van der Waals surface area contributed by atoms with Crippen LogP contribution in [0.4, 0.5) is 9.18 Å². The molecule has 2 aliphatic heterocycles. The number of carbonyl (C=O) groups is 1. The summed E-state index contributed by atoms with van der Waals surface area (Å²) in [7, 11) is 1.60. The monoisotopic (exact) mass is 406 g/mol. The third-order valence-corrected chi connectivity index (χ3v) is 6.18. The largest absolute Gasteiger partial charge is 0.496 e. The van der Waals surface area contributed by atoms with Crippen LogP contribution < -0.4 is 10.1 Å². The number of carbonyl (C=O) groups excluding carboxylic acids is 1. The van der Waals surface area contributed by atoms with E-state index in [0.29, 0.717) is 31.9 Å². The molecular formula is C22H35FN4O2. The molecule has 0 spiro atoms. The Balaban J connectivity index is 1.45. The van der Waals surface area contributed by atoms with Gasteiger partial charge in [-0.25, -0.2) is 9.18 Å². The highest BCUT2D eigenvalue weighted by Gasteiger charge is 2.29. The van der Waals surface area contributed by atoms with Crippen molar-refractivity contribution in [1.29, 1.82) is 0 Å². The second-order valence-corrected chi connectivity index (χ2v) is 8.74. The molecule has 0 aromatic heterocycles. The van der Waals surface area contributed by atoms with Crippen molar-refractivity contribution in [2.75, 3.05) is 52.9 Å². The molecule has 2 saturated heterocycles. The average Bonchev–Trinajstić information content (AvgIpc) is 2.73. The summed E-state index contributed by atoms with van der Waals surface area (Å²) in [5, 5.41) is 3.14. The predicted octanol–water partition coefficient (Wildman–Crippen LogP) is 2.93. The fraction of sp³-hybridized carbons (Fsp3) is 0.682. The number of likely N-dealkylation sites (tertiary alicyclic amines) is 1. The van der Waals surface area contributed by atoms with Crippen molar-refractivity contribution in [3.8, 4) is 5.75 Å². The number of piperidine rings is 1. The minimum atomic E-state index is -0.255. The van der Waals surface area contributed by atoms with Gasteiger partial charge in [0.05, 0.1) is 7.11 Å². The van der Waals surface area contributed by atoms with E-state index >= 15 is 0 Å². The summed E-state index contributed by atoms with van der Waals surface area (Å²) in [6, 6.07) is 4.62. The summed E-state index contributed by atoms with van der Waals surface area (Å²) in [6.45, 7) is 10.8. The van der Waals surface area contributed by atoms with E-state index in [4.69, 9.17) is 4.74 Å². The lowest BCUT2D eigenvalue weighted by Gasteiger charge is -2.42. The maximum atomic E-state index is 13.6. The molecule has 0 aliphatic carbocycles. The molecule has 7 heteroatoms. The van der Waals surface area contributed by atoms with Gasteiger partial charge in [-0.15, -0.1) is 0 Å². The highest BCUT2D eigenvalue weighted by Crippen LogP contribution is 2.22. The van der Waals surface area contributed by atoms with Crippen LogP contribution in [-0.4, -0.2) is 79.2 Å². The van der Waals surface area contributed by atoms with Crippen molar-refractivity contribution in [1.82, 2.24) is 20.0 Å². The number of amides is 2. The van der Waals surface area contributed by atoms with Crippen molar-refractivity contribution in [3.05, 3.63) is 29.6 Å². The summed E-state index contributed by atoms with van der Waals surface area (Å²) < 4.78 is 18.9. The first-order chi connectivity index (χ1) is 13.9. The van der Waals surface area contributed by atoms with E-state index in [1.807, 2.05) is 4.90 Å². The summed E-state index contributed by atoms with van der Waals surface area (Å²) in [5.41, 5.74) is 0.819. The Morgan fingerprint density at radius 2 is 1.79 bits per heavy atom. The first kappa shape index (κ1) is 21.8. The van der Waals surface area contributed by atoms with Gasteiger partial charge in [0.1, 0.15) is 11.6 Å². The maximum Gasteiger partial charge on any atom is 0.317 e. The molecule has 1 aromatic carbocycles. The van der Waals surface area contributed by atoms with Gasteiger partial charge >= 0.3 is 6.03 Å². The maximum absolute atomic E-state index is 13.6. The van der Waals surface area contributed by atoms with Crippen LogP contribution in [0.25, 0.3) is 0 Å². The topological polar surface area (TPSA) is 48.1 Å². The van der Waals surface area contributed by atoms with Gasteiger partial charge in [-0.1, -0.05) is 6.42 Å². The van der Waals surface area contributed by atoms with Gasteiger partial charge < -0.3 is 15.0 Å². The molecule has 6 nitrogen and oxygen atoms in total. The van der Waals surface area contributed by atoms with Crippen LogP contribution in [0.1, 0.15) is 38.7 Å². The van der Waals surface area contributed by atoms with E-state index in [1.54, 1.807) is 13.2 Å². The van der Waals surface area contributed by atoms with Crippen LogP contribution in [0.3, 0.4) is 0 Å². The predicted molar refractivity (Wildman–Crippen MR) is 113 cm³/mol. The lowest BCUT2D eigenvalue weighted by atomic mass is 9.98. The number of halogens is 1. The van der Waals surface area contributed by atoms with Gasteiger partial charge in [-0.2, -0.15) is 0 Å². The highest BCUT2D eigenvalue weighted by molar-refractivity contribution is 5.74. The fourth-order valence-electron chi connectivity index (χ4n) is 4.24. The first-order valence-electron chi connectivity index (χ1n) is 10.7. The normalized spacial score (nSPS) is 19.2. The van der Waals surface area contributed by atoms with E-state index < -0.39 is 0 Å². The lowest BCUT2D eigenvalue weighted by molar-refractivity contribution is 0.0906. The molecule has 0 saturated carbocycles. The third kappa shape index (κ3) is 5.82. The highest BCUT2D eigenvalue weighted by atomic mass is 19.1. The smallest absolute Gasteiger partial charge is 0.317 e. The molecule has 29 heavy (non-hydrogen) atoms. The van der Waals surface area contributed by atoms with Crippen LogP contribution in [0.15, 0.2) is 18.2 Å². The lowest BCUT2D eigenvalue weighted by Crippen LogP contribution is -2.57. The molecule has 162 valence electrons. The van der Waals surface area contributed by atoms with Crippen LogP contribution >= 0.6 is 0 Å². The van der Waals surface area contributed by atoms with Crippen molar-refractivity contribution in [2.24, 2.45) is 0 Å². The SMILES string of the molecule is COc1ccc(F)cc1CN1CCN(C(=O)NCC(C)(C)N2CCCCC2)CC1. The van der Waals surface area contributed by atoms with Crippen molar-refractivity contribution >= 4 is 6.03 Å². The quantitative estimate of drug-likeness (QED) is 0.789. The molecule has 2 aliphatic rings. The van der Waals surface area contributed by atoms with Gasteiger partial charge in [-0.05, 0) is 58.0 Å². The number of hydrogen-bond acceptors (Lipinski definition) is 4. The number of hydrogen-bond donors (Lipinski definition) is 1. The molecule has 1 aromatic rings. The summed E-state index contributed by atoms with van der Waals surface area (Å²) >= 11 is 0. The number of ether oxygens (including phenoxy) is 1. The summed E-state index contributed by atoms with van der Waals surface area (Å²) in [5.74, 6) is 0.446. The van der Waals surface area contributed by atoms with E-state index in [0.717, 1.165) is 31.7 Å². The van der Waals surface area contributed by atoms with Crippen LogP contribution in [0, 0.1) is 5.82 Å². The summed E-state index contributed by atoms with van der Waals surface area (Å²) in [4.78, 5) is 19.2.